The van der Waals surface area contributed by atoms with Crippen molar-refractivity contribution in [1.82, 2.24) is 0 Å². The molecule has 0 radical (unpaired) electrons. The summed E-state index contributed by atoms with van der Waals surface area (Å²) in [6.45, 7) is 0. The van der Waals surface area contributed by atoms with Crippen LogP contribution in [0.5, 0.6) is 0 Å². The average molecular weight is 355 g/mol. The minimum Gasteiger partial charge on any atom is -0.376 e. The summed E-state index contributed by atoms with van der Waals surface area (Å²) in [6, 6.07) is 13.8. The van der Waals surface area contributed by atoms with Crippen molar-refractivity contribution < 1.29 is 8.42 Å². The van der Waals surface area contributed by atoms with Gasteiger partial charge in [0.2, 0.25) is 0 Å². The van der Waals surface area contributed by atoms with E-state index >= 15 is 0 Å². The van der Waals surface area contributed by atoms with E-state index in [-0.39, 0.29) is 4.90 Å². The fourth-order valence-electron chi connectivity index (χ4n) is 1.77. The fraction of sp³-hybridized carbons (Fsp3) is 0.143. The molecular formula is C14H15BrN2O2S. The fourth-order valence-corrected chi connectivity index (χ4v) is 3.11. The lowest BCUT2D eigenvalue weighted by molar-refractivity contribution is 0.601. The highest BCUT2D eigenvalue weighted by atomic mass is 79.9. The molecule has 106 valence electrons. The van der Waals surface area contributed by atoms with Crippen LogP contribution in [0.1, 0.15) is 0 Å². The highest BCUT2D eigenvalue weighted by molar-refractivity contribution is 9.10. The maximum atomic E-state index is 12.3. The molecule has 2 aromatic carbocycles. The van der Waals surface area contributed by atoms with Crippen LogP contribution in [-0.2, 0) is 10.0 Å². The van der Waals surface area contributed by atoms with Gasteiger partial charge >= 0.3 is 0 Å². The smallest absolute Gasteiger partial charge is 0.261 e. The lowest BCUT2D eigenvalue weighted by Crippen LogP contribution is -2.17. The van der Waals surface area contributed by atoms with Gasteiger partial charge in [-0.25, -0.2) is 8.42 Å². The van der Waals surface area contributed by atoms with Crippen molar-refractivity contribution in [3.05, 3.63) is 53.0 Å². The van der Waals surface area contributed by atoms with Crippen LogP contribution in [0.4, 0.5) is 11.4 Å². The van der Waals surface area contributed by atoms with Gasteiger partial charge in [0.15, 0.2) is 0 Å². The summed E-state index contributed by atoms with van der Waals surface area (Å²) in [5, 5.41) is 0. The van der Waals surface area contributed by atoms with Crippen LogP contribution >= 0.6 is 15.9 Å². The van der Waals surface area contributed by atoms with Crippen molar-refractivity contribution in [3.8, 4) is 0 Å². The number of rotatable bonds is 4. The summed E-state index contributed by atoms with van der Waals surface area (Å²) >= 11 is 3.29. The van der Waals surface area contributed by atoms with Crippen molar-refractivity contribution in [2.45, 2.75) is 4.90 Å². The molecule has 0 saturated heterocycles. The van der Waals surface area contributed by atoms with Crippen LogP contribution in [0, 0.1) is 0 Å². The van der Waals surface area contributed by atoms with E-state index in [2.05, 4.69) is 20.7 Å². The SMILES string of the molecule is CN(C)c1ccccc1NS(=O)(=O)c1ccc(Br)cc1. The van der Waals surface area contributed by atoms with Crippen molar-refractivity contribution in [2.24, 2.45) is 0 Å². The second kappa shape index (κ2) is 5.85. The molecule has 0 aliphatic rings. The Labute approximate surface area is 127 Å². The summed E-state index contributed by atoms with van der Waals surface area (Å²) in [5.41, 5.74) is 1.37. The number of nitrogens with zero attached hydrogens (tertiary/aromatic N) is 1. The number of hydrogen-bond donors (Lipinski definition) is 1. The molecule has 4 nitrogen and oxygen atoms in total. The molecule has 0 unspecified atom stereocenters. The Morgan fingerprint density at radius 1 is 1.00 bits per heavy atom. The second-order valence-electron chi connectivity index (χ2n) is 4.47. The molecule has 0 atom stereocenters. The van der Waals surface area contributed by atoms with E-state index in [9.17, 15) is 8.42 Å². The lowest BCUT2D eigenvalue weighted by Gasteiger charge is -2.18. The van der Waals surface area contributed by atoms with E-state index in [1.165, 1.54) is 0 Å². The molecule has 2 rings (SSSR count). The van der Waals surface area contributed by atoms with E-state index in [0.717, 1.165) is 10.2 Å². The number of anilines is 2. The molecule has 0 fully saturated rings. The highest BCUT2D eigenvalue weighted by Crippen LogP contribution is 2.26. The lowest BCUT2D eigenvalue weighted by atomic mass is 10.2. The molecule has 0 heterocycles. The Morgan fingerprint density at radius 2 is 1.60 bits per heavy atom. The molecular weight excluding hydrogens is 340 g/mol. The van der Waals surface area contributed by atoms with Gasteiger partial charge in [-0.05, 0) is 36.4 Å². The zero-order chi connectivity index (χ0) is 14.8. The first-order chi connectivity index (χ1) is 9.40. The third kappa shape index (κ3) is 3.32. The summed E-state index contributed by atoms with van der Waals surface area (Å²) in [6.07, 6.45) is 0. The van der Waals surface area contributed by atoms with Gasteiger partial charge < -0.3 is 4.90 Å². The first kappa shape index (κ1) is 14.9. The number of para-hydroxylation sites is 2. The first-order valence-corrected chi connectivity index (χ1v) is 8.22. The molecule has 0 saturated carbocycles. The van der Waals surface area contributed by atoms with Crippen molar-refractivity contribution in [3.63, 3.8) is 0 Å². The first-order valence-electron chi connectivity index (χ1n) is 5.95. The Kier molecular flexibility index (Phi) is 4.35. The molecule has 0 amide bonds. The Bertz CT molecular complexity index is 697. The maximum Gasteiger partial charge on any atom is 0.261 e. The maximum absolute atomic E-state index is 12.3. The van der Waals surface area contributed by atoms with E-state index in [1.807, 2.05) is 31.1 Å². The van der Waals surface area contributed by atoms with Crippen LogP contribution < -0.4 is 9.62 Å². The zero-order valence-corrected chi connectivity index (χ0v) is 13.6. The molecule has 0 bridgehead atoms. The van der Waals surface area contributed by atoms with Crippen LogP contribution in [-0.4, -0.2) is 22.5 Å². The van der Waals surface area contributed by atoms with Gasteiger partial charge in [-0.1, -0.05) is 28.1 Å². The zero-order valence-electron chi connectivity index (χ0n) is 11.2. The molecule has 0 spiro atoms. The average Bonchev–Trinajstić information content (AvgIpc) is 2.39. The minimum atomic E-state index is -3.58. The van der Waals surface area contributed by atoms with Gasteiger partial charge in [-0.15, -0.1) is 0 Å². The monoisotopic (exact) mass is 354 g/mol. The highest BCUT2D eigenvalue weighted by Gasteiger charge is 2.16. The van der Waals surface area contributed by atoms with Crippen LogP contribution in [0.2, 0.25) is 0 Å². The van der Waals surface area contributed by atoms with Gasteiger partial charge in [0.05, 0.1) is 16.3 Å². The molecule has 2 aromatic rings. The standard InChI is InChI=1S/C14H15BrN2O2S/c1-17(2)14-6-4-3-5-13(14)16-20(18,19)12-9-7-11(15)8-10-12/h3-10,16H,1-2H3. The van der Waals surface area contributed by atoms with E-state index in [1.54, 1.807) is 36.4 Å². The third-order valence-corrected chi connectivity index (χ3v) is 4.66. The van der Waals surface area contributed by atoms with E-state index < -0.39 is 10.0 Å². The Balaban J connectivity index is 2.36. The molecule has 0 aliphatic heterocycles. The molecule has 0 aromatic heterocycles. The largest absolute Gasteiger partial charge is 0.376 e. The molecule has 0 aliphatic carbocycles. The molecule has 20 heavy (non-hydrogen) atoms. The molecule has 6 heteroatoms. The van der Waals surface area contributed by atoms with Gasteiger partial charge in [0.1, 0.15) is 0 Å². The number of sulfonamides is 1. The van der Waals surface area contributed by atoms with Crippen LogP contribution in [0.3, 0.4) is 0 Å². The third-order valence-electron chi connectivity index (χ3n) is 2.75. The molecule has 1 N–H and O–H groups in total. The topological polar surface area (TPSA) is 49.4 Å². The second-order valence-corrected chi connectivity index (χ2v) is 7.07. The van der Waals surface area contributed by atoms with Crippen molar-refractivity contribution >= 4 is 37.3 Å². The Hall–Kier alpha value is -1.53. The van der Waals surface area contributed by atoms with Gasteiger partial charge in [0.25, 0.3) is 10.0 Å². The summed E-state index contributed by atoms with van der Waals surface area (Å²) in [5.74, 6) is 0. The normalized spacial score (nSPS) is 11.2. The number of halogens is 1. The van der Waals surface area contributed by atoms with Crippen LogP contribution in [0.25, 0.3) is 0 Å². The summed E-state index contributed by atoms with van der Waals surface area (Å²) < 4.78 is 28.1. The number of benzene rings is 2. The van der Waals surface area contributed by atoms with Gasteiger partial charge in [-0.2, -0.15) is 0 Å². The number of hydrogen-bond acceptors (Lipinski definition) is 3. The van der Waals surface area contributed by atoms with Crippen LogP contribution in [0.15, 0.2) is 57.9 Å². The summed E-state index contributed by atoms with van der Waals surface area (Å²) in [4.78, 5) is 2.09. The quantitative estimate of drug-likeness (QED) is 0.916. The summed E-state index contributed by atoms with van der Waals surface area (Å²) in [7, 11) is 0.152. The van der Waals surface area contributed by atoms with Gasteiger partial charge in [-0.3, -0.25) is 4.72 Å². The van der Waals surface area contributed by atoms with Crippen molar-refractivity contribution in [1.29, 1.82) is 0 Å². The van der Waals surface area contributed by atoms with E-state index in [4.69, 9.17) is 0 Å². The van der Waals surface area contributed by atoms with Crippen molar-refractivity contribution in [2.75, 3.05) is 23.7 Å². The Morgan fingerprint density at radius 3 is 2.20 bits per heavy atom. The predicted molar refractivity (Wildman–Crippen MR) is 85.7 cm³/mol. The minimum absolute atomic E-state index is 0.231. The number of nitrogens with one attached hydrogen (secondary N) is 1. The predicted octanol–water partition coefficient (Wildman–Crippen LogP) is 3.32. The van der Waals surface area contributed by atoms with E-state index in [0.29, 0.717) is 5.69 Å². The van der Waals surface area contributed by atoms with Gasteiger partial charge in [0, 0.05) is 18.6 Å².